The number of amides is 2. The lowest BCUT2D eigenvalue weighted by Crippen LogP contribution is -2.51. The number of likely N-dealkylation sites (tertiary alicyclic amines) is 1. The standard InChI is InChI=1S/C29H33N3O3S/c1-35-18-17-32-27(25-12-7-19-36-25)26(23-10-5-6-11-24(23)29(32)34)28(33)30-22-13-15-31(16-14-22)20-21-8-3-2-4-9-21/h2-12,19,22,26-27H,13-18,20H2,1H3,(H,30,33). The summed E-state index contributed by atoms with van der Waals surface area (Å²) >= 11 is 1.59. The number of fused-ring (bicyclic) bond motifs is 1. The average molecular weight is 504 g/mol. The van der Waals surface area contributed by atoms with Crippen LogP contribution in [0.4, 0.5) is 0 Å². The van der Waals surface area contributed by atoms with Gasteiger partial charge in [-0.15, -0.1) is 11.3 Å². The summed E-state index contributed by atoms with van der Waals surface area (Å²) in [5, 5.41) is 5.37. The zero-order chi connectivity index (χ0) is 24.9. The highest BCUT2D eigenvalue weighted by molar-refractivity contribution is 7.10. The van der Waals surface area contributed by atoms with E-state index in [1.165, 1.54) is 5.56 Å². The molecule has 0 bridgehead atoms. The quantitative estimate of drug-likeness (QED) is 0.493. The van der Waals surface area contributed by atoms with Gasteiger partial charge < -0.3 is 15.0 Å². The Labute approximate surface area is 216 Å². The van der Waals surface area contributed by atoms with Crippen LogP contribution in [0.2, 0.25) is 0 Å². The van der Waals surface area contributed by atoms with Crippen molar-refractivity contribution in [3.8, 4) is 0 Å². The van der Waals surface area contributed by atoms with Gasteiger partial charge in [-0.05, 0) is 41.5 Å². The molecule has 1 fully saturated rings. The van der Waals surface area contributed by atoms with Gasteiger partial charge in [-0.25, -0.2) is 0 Å². The summed E-state index contributed by atoms with van der Waals surface area (Å²) in [6.45, 7) is 3.70. The maximum absolute atomic E-state index is 13.9. The molecule has 2 unspecified atom stereocenters. The van der Waals surface area contributed by atoms with Crippen molar-refractivity contribution in [3.05, 3.63) is 93.7 Å². The predicted molar refractivity (Wildman–Crippen MR) is 142 cm³/mol. The van der Waals surface area contributed by atoms with Crippen LogP contribution in [0, 0.1) is 0 Å². The van der Waals surface area contributed by atoms with Crippen molar-refractivity contribution >= 4 is 23.2 Å². The van der Waals surface area contributed by atoms with Crippen molar-refractivity contribution in [2.24, 2.45) is 0 Å². The Kier molecular flexibility index (Phi) is 7.80. The normalized spacial score (nSPS) is 20.8. The highest BCUT2D eigenvalue weighted by atomic mass is 32.1. The summed E-state index contributed by atoms with van der Waals surface area (Å²) in [4.78, 5) is 32.8. The second-order valence-corrected chi connectivity index (χ2v) is 10.5. The van der Waals surface area contributed by atoms with E-state index in [1.54, 1.807) is 18.4 Å². The van der Waals surface area contributed by atoms with E-state index in [-0.39, 0.29) is 23.9 Å². The number of nitrogens with zero attached hydrogens (tertiary/aromatic N) is 2. The maximum Gasteiger partial charge on any atom is 0.254 e. The zero-order valence-corrected chi connectivity index (χ0v) is 21.5. The van der Waals surface area contributed by atoms with E-state index in [1.807, 2.05) is 52.7 Å². The fraction of sp³-hybridized carbons (Fsp3) is 0.379. The molecule has 7 heteroatoms. The Morgan fingerprint density at radius 2 is 1.78 bits per heavy atom. The van der Waals surface area contributed by atoms with E-state index < -0.39 is 5.92 Å². The van der Waals surface area contributed by atoms with Crippen LogP contribution in [0.3, 0.4) is 0 Å². The summed E-state index contributed by atoms with van der Waals surface area (Å²) in [6, 6.07) is 21.9. The van der Waals surface area contributed by atoms with Crippen LogP contribution >= 0.6 is 11.3 Å². The van der Waals surface area contributed by atoms with E-state index in [9.17, 15) is 9.59 Å². The Bertz CT molecular complexity index is 1160. The van der Waals surface area contributed by atoms with Crippen LogP contribution in [-0.2, 0) is 16.1 Å². The summed E-state index contributed by atoms with van der Waals surface area (Å²) < 4.78 is 5.32. The number of carbonyl (C=O) groups excluding carboxylic acids is 2. The molecule has 6 nitrogen and oxygen atoms in total. The highest BCUT2D eigenvalue weighted by Gasteiger charge is 2.44. The van der Waals surface area contributed by atoms with Crippen molar-refractivity contribution < 1.29 is 14.3 Å². The SMILES string of the molecule is COCCN1C(=O)c2ccccc2C(C(=O)NC2CCN(Cc3ccccc3)CC2)C1c1cccs1. The first-order valence-corrected chi connectivity index (χ1v) is 13.5. The van der Waals surface area contributed by atoms with Gasteiger partial charge in [0, 0.05) is 49.8 Å². The highest BCUT2D eigenvalue weighted by Crippen LogP contribution is 2.44. The number of piperidine rings is 1. The number of methoxy groups -OCH3 is 1. The lowest BCUT2D eigenvalue weighted by molar-refractivity contribution is -0.125. The van der Waals surface area contributed by atoms with Gasteiger partial charge >= 0.3 is 0 Å². The molecule has 0 saturated carbocycles. The van der Waals surface area contributed by atoms with E-state index in [4.69, 9.17) is 4.74 Å². The van der Waals surface area contributed by atoms with E-state index in [2.05, 4.69) is 34.5 Å². The van der Waals surface area contributed by atoms with Gasteiger partial charge in [0.15, 0.2) is 0 Å². The number of benzene rings is 2. The number of hydrogen-bond acceptors (Lipinski definition) is 5. The summed E-state index contributed by atoms with van der Waals surface area (Å²) in [5.41, 5.74) is 2.74. The number of carbonyl (C=O) groups is 2. The van der Waals surface area contributed by atoms with Crippen molar-refractivity contribution in [2.45, 2.75) is 37.4 Å². The molecular weight excluding hydrogens is 470 g/mol. The molecule has 2 aliphatic heterocycles. The van der Waals surface area contributed by atoms with Crippen LogP contribution in [0.5, 0.6) is 0 Å². The number of ether oxygens (including phenoxy) is 1. The van der Waals surface area contributed by atoms with Crippen LogP contribution in [-0.4, -0.2) is 61.0 Å². The monoisotopic (exact) mass is 503 g/mol. The number of nitrogens with one attached hydrogen (secondary N) is 1. The second-order valence-electron chi connectivity index (χ2n) is 9.56. The predicted octanol–water partition coefficient (Wildman–Crippen LogP) is 4.46. The van der Waals surface area contributed by atoms with Gasteiger partial charge in [-0.1, -0.05) is 54.6 Å². The lowest BCUT2D eigenvalue weighted by Gasteiger charge is -2.42. The third kappa shape index (κ3) is 5.24. The Hall–Kier alpha value is -3.00. The third-order valence-corrected chi connectivity index (χ3v) is 8.22. The van der Waals surface area contributed by atoms with Crippen molar-refractivity contribution in [3.63, 3.8) is 0 Å². The van der Waals surface area contributed by atoms with Crippen LogP contribution in [0.1, 0.15) is 51.2 Å². The largest absolute Gasteiger partial charge is 0.383 e. The first-order valence-electron chi connectivity index (χ1n) is 12.6. The number of hydrogen-bond donors (Lipinski definition) is 1. The van der Waals surface area contributed by atoms with Gasteiger partial charge in [-0.2, -0.15) is 0 Å². The van der Waals surface area contributed by atoms with Crippen LogP contribution < -0.4 is 5.32 Å². The smallest absolute Gasteiger partial charge is 0.254 e. The molecule has 3 heterocycles. The van der Waals surface area contributed by atoms with Crippen LogP contribution in [0.25, 0.3) is 0 Å². The molecule has 2 aromatic carbocycles. The summed E-state index contributed by atoms with van der Waals surface area (Å²) in [5.74, 6) is -0.506. The molecule has 3 aromatic rings. The summed E-state index contributed by atoms with van der Waals surface area (Å²) in [6.07, 6.45) is 1.84. The maximum atomic E-state index is 13.9. The molecule has 0 spiro atoms. The van der Waals surface area contributed by atoms with Crippen molar-refractivity contribution in [1.29, 1.82) is 0 Å². The Balaban J connectivity index is 1.35. The minimum Gasteiger partial charge on any atom is -0.383 e. The molecule has 2 aliphatic rings. The molecular formula is C29H33N3O3S. The fourth-order valence-electron chi connectivity index (χ4n) is 5.45. The third-order valence-electron chi connectivity index (χ3n) is 7.28. The van der Waals surface area contributed by atoms with Gasteiger partial charge in [0.2, 0.25) is 5.91 Å². The molecule has 36 heavy (non-hydrogen) atoms. The number of thiophene rings is 1. The lowest BCUT2D eigenvalue weighted by atomic mass is 9.81. The average Bonchev–Trinajstić information content (AvgIpc) is 3.44. The molecule has 1 N–H and O–H groups in total. The molecule has 188 valence electrons. The Morgan fingerprint density at radius 3 is 2.50 bits per heavy atom. The minimum atomic E-state index is -0.461. The van der Waals surface area contributed by atoms with Gasteiger partial charge in [0.05, 0.1) is 18.6 Å². The van der Waals surface area contributed by atoms with Crippen LogP contribution in [0.15, 0.2) is 72.1 Å². The molecule has 1 saturated heterocycles. The van der Waals surface area contributed by atoms with E-state index in [0.717, 1.165) is 42.9 Å². The zero-order valence-electron chi connectivity index (χ0n) is 20.6. The number of rotatable bonds is 8. The van der Waals surface area contributed by atoms with E-state index in [0.29, 0.717) is 18.7 Å². The van der Waals surface area contributed by atoms with Crippen molar-refractivity contribution in [1.82, 2.24) is 15.1 Å². The van der Waals surface area contributed by atoms with Gasteiger partial charge in [-0.3, -0.25) is 14.5 Å². The Morgan fingerprint density at radius 1 is 1.03 bits per heavy atom. The first kappa shape index (κ1) is 24.7. The molecule has 2 amide bonds. The van der Waals surface area contributed by atoms with Crippen molar-refractivity contribution in [2.75, 3.05) is 33.4 Å². The molecule has 2 atom stereocenters. The molecule has 5 rings (SSSR count). The van der Waals surface area contributed by atoms with E-state index >= 15 is 0 Å². The molecule has 0 aliphatic carbocycles. The summed E-state index contributed by atoms with van der Waals surface area (Å²) in [7, 11) is 1.64. The second kappa shape index (κ2) is 11.4. The molecule has 1 aromatic heterocycles. The van der Waals surface area contributed by atoms with Gasteiger partial charge in [0.1, 0.15) is 0 Å². The fourth-order valence-corrected chi connectivity index (χ4v) is 6.33. The minimum absolute atomic E-state index is 0.00252. The first-order chi connectivity index (χ1) is 17.7. The topological polar surface area (TPSA) is 61.9 Å². The molecule has 0 radical (unpaired) electrons. The van der Waals surface area contributed by atoms with Gasteiger partial charge in [0.25, 0.3) is 5.91 Å².